The molecule has 0 aromatic heterocycles. The number of nitrogens with one attached hydrogen (secondary N) is 2. The predicted molar refractivity (Wildman–Crippen MR) is 106 cm³/mol. The molecular formula is C21H25N3O. The van der Waals surface area contributed by atoms with Gasteiger partial charge in [-0.25, -0.2) is 0 Å². The van der Waals surface area contributed by atoms with E-state index in [2.05, 4.69) is 53.6 Å². The van der Waals surface area contributed by atoms with Crippen LogP contribution in [-0.4, -0.2) is 19.0 Å². The molecule has 0 atom stereocenters. The Morgan fingerprint density at radius 3 is 2.36 bits per heavy atom. The van der Waals surface area contributed by atoms with Gasteiger partial charge in [0.25, 0.3) is 5.91 Å². The Balaban J connectivity index is 1.73. The molecule has 0 fully saturated rings. The summed E-state index contributed by atoms with van der Waals surface area (Å²) in [7, 11) is 0. The molecule has 25 heavy (non-hydrogen) atoms. The van der Waals surface area contributed by atoms with E-state index in [1.165, 1.54) is 5.69 Å². The standard InChI is InChI=1S/C21H25N3O/c1-3-13-24(14-4-2)17-11-9-16(10-12-17)22-15-19-18-7-5-6-8-20(18)23-21(19)25/h5-12,15,22H,3-4,13-14H2,1-2H3,(H,23,25)/b19-15+. The molecule has 1 aliphatic heterocycles. The van der Waals surface area contributed by atoms with E-state index in [4.69, 9.17) is 0 Å². The predicted octanol–water partition coefficient (Wildman–Crippen LogP) is 4.72. The highest BCUT2D eigenvalue weighted by Crippen LogP contribution is 2.31. The monoisotopic (exact) mass is 335 g/mol. The van der Waals surface area contributed by atoms with E-state index < -0.39 is 0 Å². The number of amides is 1. The van der Waals surface area contributed by atoms with Crippen LogP contribution in [0.15, 0.2) is 54.7 Å². The van der Waals surface area contributed by atoms with Crippen molar-refractivity contribution in [3.8, 4) is 0 Å². The molecule has 3 rings (SSSR count). The average Bonchev–Trinajstić information content (AvgIpc) is 2.95. The molecule has 0 saturated heterocycles. The molecule has 2 aromatic rings. The van der Waals surface area contributed by atoms with Crippen molar-refractivity contribution < 1.29 is 4.79 Å². The minimum Gasteiger partial charge on any atom is -0.372 e. The first-order chi connectivity index (χ1) is 12.2. The SMILES string of the molecule is CCCN(CCC)c1ccc(N/C=C2/C(=O)Nc3ccccc32)cc1. The van der Waals surface area contributed by atoms with Gasteiger partial charge in [0.1, 0.15) is 0 Å². The van der Waals surface area contributed by atoms with Gasteiger partial charge in [-0.2, -0.15) is 0 Å². The van der Waals surface area contributed by atoms with Crippen molar-refractivity contribution in [2.75, 3.05) is 28.6 Å². The van der Waals surface area contributed by atoms with E-state index in [9.17, 15) is 4.79 Å². The maximum atomic E-state index is 12.1. The van der Waals surface area contributed by atoms with Crippen LogP contribution in [0.4, 0.5) is 17.1 Å². The minimum absolute atomic E-state index is 0.0672. The molecule has 0 spiro atoms. The number of para-hydroxylation sites is 1. The number of carbonyl (C=O) groups is 1. The molecule has 0 unspecified atom stereocenters. The summed E-state index contributed by atoms with van der Waals surface area (Å²) in [5.41, 5.74) is 4.69. The van der Waals surface area contributed by atoms with Crippen LogP contribution in [0.3, 0.4) is 0 Å². The van der Waals surface area contributed by atoms with Gasteiger partial charge in [0.05, 0.1) is 5.57 Å². The number of hydrogen-bond donors (Lipinski definition) is 2. The first kappa shape index (κ1) is 17.1. The van der Waals surface area contributed by atoms with Crippen molar-refractivity contribution in [2.45, 2.75) is 26.7 Å². The first-order valence-electron chi connectivity index (χ1n) is 8.95. The number of benzene rings is 2. The molecule has 4 nitrogen and oxygen atoms in total. The summed E-state index contributed by atoms with van der Waals surface area (Å²) in [6, 6.07) is 16.1. The summed E-state index contributed by atoms with van der Waals surface area (Å²) in [6.45, 7) is 6.55. The van der Waals surface area contributed by atoms with E-state index in [1.54, 1.807) is 6.20 Å². The average molecular weight is 335 g/mol. The van der Waals surface area contributed by atoms with Crippen molar-refractivity contribution in [1.82, 2.24) is 0 Å². The highest BCUT2D eigenvalue weighted by atomic mass is 16.2. The van der Waals surface area contributed by atoms with Crippen LogP contribution in [0.25, 0.3) is 5.57 Å². The lowest BCUT2D eigenvalue weighted by molar-refractivity contribution is -0.110. The van der Waals surface area contributed by atoms with Gasteiger partial charge in [-0.05, 0) is 43.2 Å². The topological polar surface area (TPSA) is 44.4 Å². The molecule has 4 heteroatoms. The quantitative estimate of drug-likeness (QED) is 0.720. The number of hydrogen-bond acceptors (Lipinski definition) is 3. The minimum atomic E-state index is -0.0672. The highest BCUT2D eigenvalue weighted by molar-refractivity contribution is 6.31. The van der Waals surface area contributed by atoms with Crippen LogP contribution >= 0.6 is 0 Å². The Hall–Kier alpha value is -2.75. The second-order valence-corrected chi connectivity index (χ2v) is 6.24. The molecule has 0 radical (unpaired) electrons. The first-order valence-corrected chi connectivity index (χ1v) is 8.95. The fourth-order valence-electron chi connectivity index (χ4n) is 3.12. The van der Waals surface area contributed by atoms with Gasteiger partial charge in [-0.15, -0.1) is 0 Å². The second kappa shape index (κ2) is 7.88. The maximum absolute atomic E-state index is 12.1. The van der Waals surface area contributed by atoms with Gasteiger partial charge in [-0.3, -0.25) is 4.79 Å². The summed E-state index contributed by atoms with van der Waals surface area (Å²) in [5, 5.41) is 6.13. The Morgan fingerprint density at radius 2 is 1.68 bits per heavy atom. The number of anilines is 3. The number of rotatable bonds is 7. The molecule has 2 aromatic carbocycles. The summed E-state index contributed by atoms with van der Waals surface area (Å²) in [5.74, 6) is -0.0672. The third-order valence-electron chi connectivity index (χ3n) is 4.31. The van der Waals surface area contributed by atoms with Gasteiger partial charge >= 0.3 is 0 Å². The summed E-state index contributed by atoms with van der Waals surface area (Å²) in [4.78, 5) is 14.5. The van der Waals surface area contributed by atoms with E-state index in [0.29, 0.717) is 5.57 Å². The Bertz CT molecular complexity index is 759. The van der Waals surface area contributed by atoms with Crippen LogP contribution < -0.4 is 15.5 Å². The summed E-state index contributed by atoms with van der Waals surface area (Å²) < 4.78 is 0. The smallest absolute Gasteiger partial charge is 0.257 e. The van der Waals surface area contributed by atoms with Crippen molar-refractivity contribution >= 4 is 28.5 Å². The number of fused-ring (bicyclic) bond motifs is 1. The lowest BCUT2D eigenvalue weighted by Crippen LogP contribution is -2.24. The highest BCUT2D eigenvalue weighted by Gasteiger charge is 2.23. The normalized spacial score (nSPS) is 14.3. The van der Waals surface area contributed by atoms with Gasteiger partial charge < -0.3 is 15.5 Å². The van der Waals surface area contributed by atoms with Crippen LogP contribution in [-0.2, 0) is 4.79 Å². The van der Waals surface area contributed by atoms with E-state index >= 15 is 0 Å². The maximum Gasteiger partial charge on any atom is 0.257 e. The van der Waals surface area contributed by atoms with Gasteiger partial charge in [0.15, 0.2) is 0 Å². The number of carbonyl (C=O) groups excluding carboxylic acids is 1. The molecule has 0 saturated carbocycles. The van der Waals surface area contributed by atoms with Gasteiger partial charge in [-0.1, -0.05) is 32.0 Å². The fraction of sp³-hybridized carbons (Fsp3) is 0.286. The second-order valence-electron chi connectivity index (χ2n) is 6.24. The molecule has 2 N–H and O–H groups in total. The molecule has 1 heterocycles. The van der Waals surface area contributed by atoms with Crippen molar-refractivity contribution in [1.29, 1.82) is 0 Å². The molecule has 130 valence electrons. The molecular weight excluding hydrogens is 310 g/mol. The van der Waals surface area contributed by atoms with Gasteiger partial charge in [0, 0.05) is 41.9 Å². The van der Waals surface area contributed by atoms with Crippen molar-refractivity contribution in [3.63, 3.8) is 0 Å². The van der Waals surface area contributed by atoms with E-state index in [0.717, 1.165) is 42.9 Å². The zero-order valence-corrected chi connectivity index (χ0v) is 14.9. The fourth-order valence-corrected chi connectivity index (χ4v) is 3.12. The number of nitrogens with zero attached hydrogens (tertiary/aromatic N) is 1. The van der Waals surface area contributed by atoms with Crippen molar-refractivity contribution in [2.24, 2.45) is 0 Å². The summed E-state index contributed by atoms with van der Waals surface area (Å²) in [6.07, 6.45) is 4.06. The Labute approximate surface area is 149 Å². The summed E-state index contributed by atoms with van der Waals surface area (Å²) >= 11 is 0. The third kappa shape index (κ3) is 3.85. The van der Waals surface area contributed by atoms with Crippen LogP contribution in [0, 0.1) is 0 Å². The third-order valence-corrected chi connectivity index (χ3v) is 4.31. The zero-order valence-electron chi connectivity index (χ0n) is 14.9. The van der Waals surface area contributed by atoms with Crippen LogP contribution in [0.1, 0.15) is 32.3 Å². The van der Waals surface area contributed by atoms with E-state index in [-0.39, 0.29) is 5.91 Å². The van der Waals surface area contributed by atoms with Gasteiger partial charge in [0.2, 0.25) is 0 Å². The lowest BCUT2D eigenvalue weighted by atomic mass is 10.1. The lowest BCUT2D eigenvalue weighted by Gasteiger charge is -2.23. The van der Waals surface area contributed by atoms with Crippen molar-refractivity contribution in [3.05, 3.63) is 60.3 Å². The molecule has 1 aliphatic rings. The van der Waals surface area contributed by atoms with E-state index in [1.807, 2.05) is 24.3 Å². The van der Waals surface area contributed by atoms with Crippen LogP contribution in [0.5, 0.6) is 0 Å². The Morgan fingerprint density at radius 1 is 1.00 bits per heavy atom. The van der Waals surface area contributed by atoms with Crippen LogP contribution in [0.2, 0.25) is 0 Å². The zero-order chi connectivity index (χ0) is 17.6. The Kier molecular flexibility index (Phi) is 5.39. The largest absolute Gasteiger partial charge is 0.372 e. The molecule has 0 aliphatic carbocycles. The molecule has 1 amide bonds. The molecule has 0 bridgehead atoms.